The van der Waals surface area contributed by atoms with Crippen LogP contribution in [0.4, 0.5) is 5.69 Å². The fraction of sp³-hybridized carbons (Fsp3) is 0.154. The number of aromatic nitrogens is 1. The zero-order valence-electron chi connectivity index (χ0n) is 18.1. The lowest BCUT2D eigenvalue weighted by molar-refractivity contribution is -0.112. The van der Waals surface area contributed by atoms with E-state index in [9.17, 15) is 9.59 Å². The normalized spacial score (nSPS) is 10.9. The molecule has 5 nitrogen and oxygen atoms in total. The fourth-order valence-corrected chi connectivity index (χ4v) is 4.15. The second kappa shape index (κ2) is 8.89. The van der Waals surface area contributed by atoms with Gasteiger partial charge in [-0.1, -0.05) is 48.9 Å². The van der Waals surface area contributed by atoms with Gasteiger partial charge in [-0.15, -0.1) is 0 Å². The summed E-state index contributed by atoms with van der Waals surface area (Å²) >= 11 is 6.33. The number of ketones is 1. The number of hydrogen-bond acceptors (Lipinski definition) is 3. The molecule has 0 spiro atoms. The number of rotatable bonds is 6. The third-order valence-electron chi connectivity index (χ3n) is 5.54. The number of nitrogens with zero attached hydrogens (tertiary/aromatic N) is 1. The van der Waals surface area contributed by atoms with Crippen LogP contribution >= 0.6 is 11.6 Å². The molecule has 1 amide bonds. The fourth-order valence-electron chi connectivity index (χ4n) is 3.89. The molecule has 162 valence electrons. The van der Waals surface area contributed by atoms with Crippen molar-refractivity contribution in [2.24, 2.45) is 0 Å². The van der Waals surface area contributed by atoms with E-state index in [0.717, 1.165) is 28.6 Å². The highest BCUT2D eigenvalue weighted by molar-refractivity contribution is 6.47. The molecule has 0 aliphatic carbocycles. The average Bonchev–Trinajstić information content (AvgIpc) is 3.19. The van der Waals surface area contributed by atoms with E-state index < -0.39 is 11.7 Å². The molecule has 0 bridgehead atoms. The maximum Gasteiger partial charge on any atom is 0.298 e. The van der Waals surface area contributed by atoms with Gasteiger partial charge >= 0.3 is 0 Å². The van der Waals surface area contributed by atoms with E-state index in [4.69, 9.17) is 16.3 Å². The highest BCUT2D eigenvalue weighted by atomic mass is 35.5. The lowest BCUT2D eigenvalue weighted by Crippen LogP contribution is -2.25. The first kappa shape index (κ1) is 21.7. The number of benzene rings is 2. The molecular formula is C26H23ClN2O3. The summed E-state index contributed by atoms with van der Waals surface area (Å²) in [7, 11) is 1.54. The van der Waals surface area contributed by atoms with Gasteiger partial charge in [-0.3, -0.25) is 9.59 Å². The third-order valence-corrected chi connectivity index (χ3v) is 5.84. The Morgan fingerprint density at radius 3 is 2.59 bits per heavy atom. The van der Waals surface area contributed by atoms with Gasteiger partial charge in [-0.05, 0) is 60.4 Å². The summed E-state index contributed by atoms with van der Waals surface area (Å²) in [5, 5.41) is 3.27. The van der Waals surface area contributed by atoms with Gasteiger partial charge < -0.3 is 14.5 Å². The van der Waals surface area contributed by atoms with Crippen LogP contribution < -0.4 is 10.1 Å². The Morgan fingerprint density at radius 1 is 1.06 bits per heavy atom. The van der Waals surface area contributed by atoms with Crippen molar-refractivity contribution >= 4 is 34.5 Å². The van der Waals surface area contributed by atoms with Crippen LogP contribution in [0.1, 0.15) is 28.5 Å². The number of hydrogen-bond donors (Lipinski definition) is 1. The zero-order chi connectivity index (χ0) is 22.8. The highest BCUT2D eigenvalue weighted by Gasteiger charge is 2.26. The van der Waals surface area contributed by atoms with E-state index in [1.54, 1.807) is 29.8 Å². The number of pyridine rings is 1. The summed E-state index contributed by atoms with van der Waals surface area (Å²) in [6.07, 6.45) is 2.52. The number of anilines is 1. The van der Waals surface area contributed by atoms with Crippen molar-refractivity contribution in [3.63, 3.8) is 0 Å². The van der Waals surface area contributed by atoms with Crippen molar-refractivity contribution in [1.29, 1.82) is 0 Å². The molecule has 0 saturated heterocycles. The number of Topliss-reactive ketones (excluding diaryl/α,β-unsaturated/α-hetero) is 1. The summed E-state index contributed by atoms with van der Waals surface area (Å²) in [5.41, 5.74) is 5.01. The van der Waals surface area contributed by atoms with Crippen molar-refractivity contribution < 1.29 is 14.3 Å². The monoisotopic (exact) mass is 446 g/mol. The molecule has 0 radical (unpaired) electrons. The highest BCUT2D eigenvalue weighted by Crippen LogP contribution is 2.34. The van der Waals surface area contributed by atoms with Gasteiger partial charge in [0.05, 0.1) is 12.1 Å². The Balaban J connectivity index is 1.80. The van der Waals surface area contributed by atoms with Crippen molar-refractivity contribution in [2.45, 2.75) is 20.3 Å². The van der Waals surface area contributed by atoms with E-state index >= 15 is 0 Å². The van der Waals surface area contributed by atoms with Gasteiger partial charge in [-0.25, -0.2) is 0 Å². The summed E-state index contributed by atoms with van der Waals surface area (Å²) in [6.45, 7) is 3.93. The molecule has 2 aromatic heterocycles. The molecule has 1 N–H and O–H groups in total. The van der Waals surface area contributed by atoms with Crippen LogP contribution in [-0.2, 0) is 11.2 Å². The van der Waals surface area contributed by atoms with Crippen LogP contribution in [0.25, 0.3) is 16.6 Å². The molecule has 4 aromatic rings. The molecule has 32 heavy (non-hydrogen) atoms. The Labute approximate surface area is 191 Å². The molecule has 0 atom stereocenters. The van der Waals surface area contributed by atoms with Crippen LogP contribution in [0.15, 0.2) is 66.9 Å². The van der Waals surface area contributed by atoms with Crippen LogP contribution in [0.3, 0.4) is 0 Å². The van der Waals surface area contributed by atoms with E-state index in [2.05, 4.69) is 5.32 Å². The molecule has 0 unspecified atom stereocenters. The first-order chi connectivity index (χ1) is 15.4. The molecule has 0 aliphatic rings. The predicted molar refractivity (Wildman–Crippen MR) is 128 cm³/mol. The summed E-state index contributed by atoms with van der Waals surface area (Å²) in [6, 6.07) is 18.6. The minimum absolute atomic E-state index is 0.283. The maximum absolute atomic E-state index is 13.4. The summed E-state index contributed by atoms with van der Waals surface area (Å²) < 4.78 is 6.97. The maximum atomic E-state index is 13.4. The number of fused-ring (bicyclic) bond motifs is 1. The molecule has 4 rings (SSSR count). The van der Waals surface area contributed by atoms with Crippen molar-refractivity contribution in [2.75, 3.05) is 12.4 Å². The Kier molecular flexibility index (Phi) is 6.01. The number of para-hydroxylation sites is 1. The molecule has 2 heterocycles. The zero-order valence-corrected chi connectivity index (χ0v) is 18.9. The minimum Gasteiger partial charge on any atom is -0.495 e. The van der Waals surface area contributed by atoms with Gasteiger partial charge in [0.25, 0.3) is 11.7 Å². The van der Waals surface area contributed by atoms with Gasteiger partial charge in [-0.2, -0.15) is 0 Å². The number of nitrogens with one attached hydrogen (secondary N) is 1. The number of carbonyl (C=O) groups excluding carboxylic acids is 2. The number of methoxy groups -OCH3 is 1. The number of carbonyl (C=O) groups is 2. The van der Waals surface area contributed by atoms with Crippen molar-refractivity contribution in [3.8, 4) is 16.9 Å². The average molecular weight is 447 g/mol. The molecule has 0 saturated carbocycles. The largest absolute Gasteiger partial charge is 0.495 e. The lowest BCUT2D eigenvalue weighted by Gasteiger charge is -2.13. The van der Waals surface area contributed by atoms with Gasteiger partial charge in [0.1, 0.15) is 11.4 Å². The molecular weight excluding hydrogens is 424 g/mol. The van der Waals surface area contributed by atoms with E-state index in [1.165, 1.54) is 0 Å². The smallest absolute Gasteiger partial charge is 0.298 e. The second-order valence-corrected chi connectivity index (χ2v) is 7.90. The Bertz CT molecular complexity index is 1340. The van der Waals surface area contributed by atoms with Crippen molar-refractivity contribution in [1.82, 2.24) is 4.40 Å². The third kappa shape index (κ3) is 3.87. The molecule has 2 aromatic carbocycles. The summed E-state index contributed by atoms with van der Waals surface area (Å²) in [5.74, 6) is -0.765. The van der Waals surface area contributed by atoms with E-state index in [1.807, 2.05) is 62.4 Å². The van der Waals surface area contributed by atoms with Crippen molar-refractivity contribution in [3.05, 3.63) is 88.7 Å². The minimum atomic E-state index is -0.682. The van der Waals surface area contributed by atoms with Gasteiger partial charge in [0.2, 0.25) is 0 Å². The van der Waals surface area contributed by atoms with E-state index in [-0.39, 0.29) is 5.69 Å². The Morgan fingerprint density at radius 2 is 1.88 bits per heavy atom. The second-order valence-electron chi connectivity index (χ2n) is 7.50. The SMILES string of the molecule is CCc1cccc(C)c1NC(=O)C(=O)c1c(-c2ccc(OC)c(Cl)c2)cc2ccccn12. The standard InChI is InChI=1S/C26H23ClN2O3/c1-4-17-9-7-8-16(2)23(17)28-26(31)25(30)24-20(15-19-10-5-6-13-29(19)24)18-11-12-22(32-3)21(27)14-18/h5-15H,4H2,1-3H3,(H,28,31). The quantitative estimate of drug-likeness (QED) is 0.293. The van der Waals surface area contributed by atoms with Crippen LogP contribution in [-0.4, -0.2) is 23.2 Å². The van der Waals surface area contributed by atoms with Crippen LogP contribution in [0.2, 0.25) is 5.02 Å². The first-order valence-electron chi connectivity index (χ1n) is 10.3. The number of ether oxygens (including phenoxy) is 1. The molecule has 6 heteroatoms. The molecule has 0 aliphatic heterocycles. The van der Waals surface area contributed by atoms with Gasteiger partial charge in [0, 0.05) is 23.0 Å². The number of amides is 1. The first-order valence-corrected chi connectivity index (χ1v) is 10.7. The van der Waals surface area contributed by atoms with Gasteiger partial charge in [0.15, 0.2) is 0 Å². The molecule has 0 fully saturated rings. The van der Waals surface area contributed by atoms with Crippen LogP contribution in [0.5, 0.6) is 5.75 Å². The van der Waals surface area contributed by atoms with Crippen LogP contribution in [0, 0.1) is 6.92 Å². The predicted octanol–water partition coefficient (Wildman–Crippen LogP) is 5.96. The Hall–Kier alpha value is -3.57. The topological polar surface area (TPSA) is 59.8 Å². The lowest BCUT2D eigenvalue weighted by atomic mass is 10.0. The summed E-state index contributed by atoms with van der Waals surface area (Å²) in [4.78, 5) is 26.6. The number of halogens is 1. The number of aryl methyl sites for hydroxylation is 2. The van der Waals surface area contributed by atoms with E-state index in [0.29, 0.717) is 22.0 Å².